The fourth-order valence-corrected chi connectivity index (χ4v) is 2.86. The molecule has 0 N–H and O–H groups in total. The Morgan fingerprint density at radius 2 is 1.50 bits per heavy atom. The van der Waals surface area contributed by atoms with Crippen LogP contribution in [0.1, 0.15) is 59.8 Å². The van der Waals surface area contributed by atoms with Crippen molar-refractivity contribution >= 4 is 0 Å². The highest BCUT2D eigenvalue weighted by Gasteiger charge is 2.59. The fraction of sp³-hybridized carbons (Fsp3) is 1.00. The quantitative estimate of drug-likeness (QED) is 0.682. The number of rotatable bonds is 8. The van der Waals surface area contributed by atoms with Gasteiger partial charge in [0.15, 0.2) is 12.6 Å². The van der Waals surface area contributed by atoms with Gasteiger partial charge >= 0.3 is 0 Å². The molecule has 0 aliphatic carbocycles. The SMILES string of the molecule is CCCCC(CC)CC(F)(C1OC(C)O1)C1OC(C)O1. The van der Waals surface area contributed by atoms with Crippen LogP contribution >= 0.6 is 0 Å². The van der Waals surface area contributed by atoms with Crippen LogP contribution < -0.4 is 0 Å². The Hall–Kier alpha value is -0.230. The van der Waals surface area contributed by atoms with Gasteiger partial charge in [0, 0.05) is 0 Å². The van der Waals surface area contributed by atoms with E-state index in [2.05, 4.69) is 13.8 Å². The predicted octanol–water partition coefficient (Wildman–Crippen LogP) is 3.74. The van der Waals surface area contributed by atoms with E-state index >= 15 is 4.39 Å². The molecule has 1 unspecified atom stereocenters. The molecule has 0 saturated carbocycles. The van der Waals surface area contributed by atoms with Crippen LogP contribution in [0.3, 0.4) is 0 Å². The van der Waals surface area contributed by atoms with Gasteiger partial charge in [0.2, 0.25) is 18.2 Å². The molecule has 0 aromatic rings. The van der Waals surface area contributed by atoms with Crippen molar-refractivity contribution in [2.24, 2.45) is 5.92 Å². The van der Waals surface area contributed by atoms with Gasteiger partial charge in [-0.2, -0.15) is 0 Å². The van der Waals surface area contributed by atoms with E-state index in [1.165, 1.54) is 0 Å². The van der Waals surface area contributed by atoms with Crippen molar-refractivity contribution in [3.8, 4) is 0 Å². The zero-order valence-electron chi connectivity index (χ0n) is 12.9. The van der Waals surface area contributed by atoms with Crippen LogP contribution in [-0.2, 0) is 18.9 Å². The van der Waals surface area contributed by atoms with Crippen LogP contribution in [0.4, 0.5) is 4.39 Å². The first kappa shape index (κ1) is 16.1. The minimum Gasteiger partial charge on any atom is -0.320 e. The summed E-state index contributed by atoms with van der Waals surface area (Å²) < 4.78 is 36.9. The lowest BCUT2D eigenvalue weighted by Gasteiger charge is -2.50. The van der Waals surface area contributed by atoms with Gasteiger partial charge in [-0.1, -0.05) is 39.5 Å². The van der Waals surface area contributed by atoms with Crippen molar-refractivity contribution in [3.63, 3.8) is 0 Å². The molecule has 2 heterocycles. The molecule has 0 amide bonds. The van der Waals surface area contributed by atoms with Gasteiger partial charge in [0.1, 0.15) is 0 Å². The van der Waals surface area contributed by atoms with E-state index in [4.69, 9.17) is 18.9 Å². The summed E-state index contributed by atoms with van der Waals surface area (Å²) in [6.45, 7) is 7.76. The first-order valence-electron chi connectivity index (χ1n) is 7.80. The molecular formula is C15H27FO4. The van der Waals surface area contributed by atoms with Crippen molar-refractivity contribution in [1.29, 1.82) is 0 Å². The number of hydrogen-bond donors (Lipinski definition) is 0. The van der Waals surface area contributed by atoms with Crippen LogP contribution in [0.2, 0.25) is 0 Å². The summed E-state index contributed by atoms with van der Waals surface area (Å²) in [5, 5.41) is 0. The average molecular weight is 290 g/mol. The van der Waals surface area contributed by atoms with Gasteiger partial charge in [-0.05, 0) is 26.2 Å². The smallest absolute Gasteiger partial charge is 0.212 e. The summed E-state index contributed by atoms with van der Waals surface area (Å²) >= 11 is 0. The topological polar surface area (TPSA) is 36.9 Å². The van der Waals surface area contributed by atoms with E-state index in [1.54, 1.807) is 13.8 Å². The molecule has 2 fully saturated rings. The van der Waals surface area contributed by atoms with Gasteiger partial charge in [-0.25, -0.2) is 4.39 Å². The minimum atomic E-state index is -1.71. The normalized spacial score (nSPS) is 37.6. The van der Waals surface area contributed by atoms with Gasteiger partial charge in [0.05, 0.1) is 0 Å². The molecule has 1 atom stereocenters. The molecule has 0 aromatic carbocycles. The molecule has 20 heavy (non-hydrogen) atoms. The number of unbranched alkanes of at least 4 members (excludes halogenated alkanes) is 1. The fourth-order valence-electron chi connectivity index (χ4n) is 2.86. The second kappa shape index (κ2) is 6.69. The Balaban J connectivity index is 1.98. The molecule has 2 aliphatic rings. The molecule has 118 valence electrons. The van der Waals surface area contributed by atoms with Gasteiger partial charge in [-0.3, -0.25) is 0 Å². The molecule has 0 bridgehead atoms. The molecular weight excluding hydrogens is 263 g/mol. The van der Waals surface area contributed by atoms with Gasteiger partial charge < -0.3 is 18.9 Å². The van der Waals surface area contributed by atoms with Crippen LogP contribution in [0, 0.1) is 5.92 Å². The number of ether oxygens (including phenoxy) is 4. The van der Waals surface area contributed by atoms with Crippen LogP contribution in [0.25, 0.3) is 0 Å². The lowest BCUT2D eigenvalue weighted by Crippen LogP contribution is -2.64. The van der Waals surface area contributed by atoms with Crippen LogP contribution in [-0.4, -0.2) is 30.8 Å². The summed E-state index contributed by atoms with van der Waals surface area (Å²) in [6.07, 6.45) is 2.12. The van der Waals surface area contributed by atoms with Crippen molar-refractivity contribution < 1.29 is 23.3 Å². The van der Waals surface area contributed by atoms with E-state index in [0.29, 0.717) is 12.3 Å². The molecule has 2 saturated heterocycles. The van der Waals surface area contributed by atoms with Crippen LogP contribution in [0.15, 0.2) is 0 Å². The van der Waals surface area contributed by atoms with E-state index in [-0.39, 0.29) is 12.6 Å². The number of hydrogen-bond acceptors (Lipinski definition) is 4. The molecule has 2 rings (SSSR count). The van der Waals surface area contributed by atoms with Gasteiger partial charge in [0.25, 0.3) is 0 Å². The monoisotopic (exact) mass is 290 g/mol. The summed E-state index contributed by atoms with van der Waals surface area (Å²) in [6, 6.07) is 0. The maximum absolute atomic E-state index is 15.4. The van der Waals surface area contributed by atoms with Crippen molar-refractivity contribution in [1.82, 2.24) is 0 Å². The predicted molar refractivity (Wildman–Crippen MR) is 72.6 cm³/mol. The third kappa shape index (κ3) is 3.32. The lowest BCUT2D eigenvalue weighted by molar-refractivity contribution is -0.479. The highest BCUT2D eigenvalue weighted by Crippen LogP contribution is 2.44. The molecule has 5 heteroatoms. The largest absolute Gasteiger partial charge is 0.320 e. The Bertz CT molecular complexity index is 282. The summed E-state index contributed by atoms with van der Waals surface area (Å²) in [4.78, 5) is 0. The number of halogens is 1. The van der Waals surface area contributed by atoms with E-state index < -0.39 is 18.2 Å². The molecule has 2 aliphatic heterocycles. The Morgan fingerprint density at radius 1 is 1.00 bits per heavy atom. The maximum atomic E-state index is 15.4. The average Bonchev–Trinajstić information content (AvgIpc) is 2.36. The van der Waals surface area contributed by atoms with E-state index in [1.807, 2.05) is 0 Å². The molecule has 4 nitrogen and oxygen atoms in total. The molecule has 0 spiro atoms. The summed E-state index contributed by atoms with van der Waals surface area (Å²) in [5.74, 6) is 0.297. The van der Waals surface area contributed by atoms with Crippen molar-refractivity contribution in [3.05, 3.63) is 0 Å². The second-order valence-corrected chi connectivity index (χ2v) is 5.89. The summed E-state index contributed by atoms with van der Waals surface area (Å²) in [7, 11) is 0. The molecule has 0 aromatic heterocycles. The minimum absolute atomic E-state index is 0.297. The highest BCUT2D eigenvalue weighted by molar-refractivity contribution is 4.94. The highest BCUT2D eigenvalue weighted by atomic mass is 19.1. The summed E-state index contributed by atoms with van der Waals surface area (Å²) in [5.41, 5.74) is -1.71. The van der Waals surface area contributed by atoms with Gasteiger partial charge in [-0.15, -0.1) is 0 Å². The zero-order chi connectivity index (χ0) is 14.8. The Labute approximate surface area is 120 Å². The van der Waals surface area contributed by atoms with Crippen molar-refractivity contribution in [2.45, 2.75) is 90.6 Å². The van der Waals surface area contributed by atoms with E-state index in [9.17, 15) is 0 Å². The van der Waals surface area contributed by atoms with E-state index in [0.717, 1.165) is 25.7 Å². The maximum Gasteiger partial charge on any atom is 0.212 e. The standard InChI is InChI=1S/C15H27FO4/c1-5-7-8-12(6-2)9-15(16,13-17-10(3)18-13)14-19-11(4)20-14/h10-14H,5-9H2,1-4H3. The third-order valence-corrected chi connectivity index (χ3v) is 4.19. The second-order valence-electron chi connectivity index (χ2n) is 5.89. The lowest BCUT2D eigenvalue weighted by atomic mass is 9.85. The third-order valence-electron chi connectivity index (χ3n) is 4.19. The van der Waals surface area contributed by atoms with Crippen LogP contribution in [0.5, 0.6) is 0 Å². The number of alkyl halides is 1. The molecule has 0 radical (unpaired) electrons. The Kier molecular flexibility index (Phi) is 5.40. The first-order valence-corrected chi connectivity index (χ1v) is 7.80. The van der Waals surface area contributed by atoms with Crippen molar-refractivity contribution in [2.75, 3.05) is 0 Å². The first-order chi connectivity index (χ1) is 9.49. The zero-order valence-corrected chi connectivity index (χ0v) is 12.9. The Morgan fingerprint density at radius 3 is 1.85 bits per heavy atom.